The van der Waals surface area contributed by atoms with Crippen LogP contribution in [0.15, 0.2) is 36.4 Å². The third-order valence-corrected chi connectivity index (χ3v) is 8.78. The molecular weight excluding hydrogens is 416 g/mol. The number of hydrogen-bond acceptors (Lipinski definition) is 5. The number of carboxylic acid groups (broad SMARTS) is 4. The summed E-state index contributed by atoms with van der Waals surface area (Å²) in [7, 11) is -3.00. The largest absolute Gasteiger partial charge is 0.478 e. The zero-order valence-electron chi connectivity index (χ0n) is 15.3. The van der Waals surface area contributed by atoms with E-state index in [1.165, 1.54) is 36.4 Å². The van der Waals surface area contributed by atoms with Crippen LogP contribution in [-0.2, 0) is 4.12 Å². The van der Waals surface area contributed by atoms with Gasteiger partial charge >= 0.3 is 23.9 Å². The van der Waals surface area contributed by atoms with Gasteiger partial charge in [-0.05, 0) is 47.7 Å². The van der Waals surface area contributed by atoms with Crippen molar-refractivity contribution in [3.8, 4) is 0 Å². The number of aromatic carboxylic acids is 4. The standard InChI is InChI=1S/C18H16O9Si2/c1-29(2,10-4-6-12(16(21)22)14(8-10)18(25)26)27-28-9-3-5-11(15(19)20)13(7-9)17(23)24/h3-8H,1-2H3,(H,19,20)(H,21,22)(H,23,24)(H,25,26). The highest BCUT2D eigenvalue weighted by Crippen LogP contribution is 2.13. The maximum absolute atomic E-state index is 11.4. The molecule has 2 aromatic carbocycles. The molecule has 0 aliphatic heterocycles. The molecule has 0 aromatic heterocycles. The maximum atomic E-state index is 11.4. The minimum absolute atomic E-state index is 0.314. The summed E-state index contributed by atoms with van der Waals surface area (Å²) >= 11 is 0. The van der Waals surface area contributed by atoms with E-state index >= 15 is 0 Å². The maximum Gasteiger partial charge on any atom is 0.336 e. The van der Waals surface area contributed by atoms with Gasteiger partial charge in [-0.25, -0.2) is 19.2 Å². The van der Waals surface area contributed by atoms with Gasteiger partial charge in [0.1, 0.15) is 0 Å². The molecule has 11 heteroatoms. The summed E-state index contributed by atoms with van der Waals surface area (Å²) in [5, 5.41) is 37.7. The summed E-state index contributed by atoms with van der Waals surface area (Å²) in [6.07, 6.45) is 0. The van der Waals surface area contributed by atoms with Crippen LogP contribution in [-0.4, -0.2) is 62.4 Å². The highest BCUT2D eigenvalue weighted by atomic mass is 28.4. The first-order valence-corrected chi connectivity index (χ1v) is 11.9. The Kier molecular flexibility index (Phi) is 6.36. The molecule has 0 saturated heterocycles. The molecule has 0 amide bonds. The topological polar surface area (TPSA) is 158 Å². The third kappa shape index (κ3) is 4.96. The van der Waals surface area contributed by atoms with Gasteiger partial charge in [-0.3, -0.25) is 0 Å². The Morgan fingerprint density at radius 3 is 1.66 bits per heavy atom. The molecule has 4 N–H and O–H groups in total. The summed E-state index contributed by atoms with van der Waals surface area (Å²) in [4.78, 5) is 45.0. The second kappa shape index (κ2) is 8.38. The van der Waals surface area contributed by atoms with Crippen molar-refractivity contribution in [2.75, 3.05) is 0 Å². The Bertz CT molecular complexity index is 1010. The lowest BCUT2D eigenvalue weighted by molar-refractivity contribution is 0.0651. The van der Waals surface area contributed by atoms with Crippen molar-refractivity contribution in [1.82, 2.24) is 0 Å². The van der Waals surface area contributed by atoms with Gasteiger partial charge in [0.2, 0.25) is 8.32 Å². The molecule has 0 bridgehead atoms. The van der Waals surface area contributed by atoms with Gasteiger partial charge < -0.3 is 24.5 Å². The van der Waals surface area contributed by atoms with E-state index in [4.69, 9.17) is 14.3 Å². The van der Waals surface area contributed by atoms with E-state index in [0.29, 0.717) is 10.4 Å². The van der Waals surface area contributed by atoms with Crippen molar-refractivity contribution in [2.45, 2.75) is 13.1 Å². The molecule has 0 atom stereocenters. The van der Waals surface area contributed by atoms with Crippen molar-refractivity contribution < 1.29 is 43.7 Å². The number of benzene rings is 2. The van der Waals surface area contributed by atoms with E-state index in [2.05, 4.69) is 0 Å². The van der Waals surface area contributed by atoms with Crippen molar-refractivity contribution in [2.24, 2.45) is 0 Å². The van der Waals surface area contributed by atoms with Crippen LogP contribution in [0.2, 0.25) is 13.1 Å². The van der Waals surface area contributed by atoms with Crippen LogP contribution in [0.1, 0.15) is 41.4 Å². The van der Waals surface area contributed by atoms with Crippen LogP contribution in [0, 0.1) is 0 Å². The highest BCUT2D eigenvalue weighted by molar-refractivity contribution is 6.88. The van der Waals surface area contributed by atoms with Crippen LogP contribution in [0.25, 0.3) is 0 Å². The summed E-state index contributed by atoms with van der Waals surface area (Å²) in [5.41, 5.74) is -1.37. The molecule has 0 aliphatic carbocycles. The van der Waals surface area contributed by atoms with E-state index in [1.807, 2.05) is 0 Å². The molecule has 2 rings (SSSR count). The molecule has 0 heterocycles. The number of rotatable bonds is 8. The summed E-state index contributed by atoms with van der Waals surface area (Å²) in [6.45, 7) is 3.57. The normalized spacial score (nSPS) is 11.1. The quantitative estimate of drug-likeness (QED) is 0.444. The predicted octanol–water partition coefficient (Wildman–Crippen LogP) is 0.853. The first-order chi connectivity index (χ1) is 13.4. The fraction of sp³-hybridized carbons (Fsp3) is 0.111. The van der Waals surface area contributed by atoms with Crippen LogP contribution in [0.3, 0.4) is 0 Å². The molecule has 0 unspecified atom stereocenters. The second-order valence-electron chi connectivity index (χ2n) is 6.46. The van der Waals surface area contributed by atoms with Gasteiger partial charge in [0.05, 0.1) is 22.3 Å². The lowest BCUT2D eigenvalue weighted by Gasteiger charge is -2.24. The zero-order valence-corrected chi connectivity index (χ0v) is 17.3. The van der Waals surface area contributed by atoms with Crippen molar-refractivity contribution >= 4 is 52.3 Å². The van der Waals surface area contributed by atoms with Gasteiger partial charge in [-0.15, -0.1) is 0 Å². The zero-order chi connectivity index (χ0) is 21.9. The molecule has 0 spiro atoms. The van der Waals surface area contributed by atoms with E-state index in [0.717, 1.165) is 0 Å². The van der Waals surface area contributed by atoms with E-state index in [-0.39, 0.29) is 32.0 Å². The molecule has 0 fully saturated rings. The van der Waals surface area contributed by atoms with Crippen LogP contribution < -0.4 is 10.4 Å². The Labute approximate surface area is 168 Å². The van der Waals surface area contributed by atoms with Crippen LogP contribution in [0.4, 0.5) is 0 Å². The first-order valence-electron chi connectivity index (χ1n) is 8.10. The Morgan fingerprint density at radius 1 is 0.724 bits per heavy atom. The average Bonchev–Trinajstić information content (AvgIpc) is 2.65. The van der Waals surface area contributed by atoms with E-state index in [1.54, 1.807) is 13.1 Å². The average molecular weight is 432 g/mol. The number of hydrogen-bond donors (Lipinski definition) is 4. The monoisotopic (exact) mass is 432 g/mol. The summed E-state index contributed by atoms with van der Waals surface area (Å²) < 4.78 is 5.96. The van der Waals surface area contributed by atoms with Crippen molar-refractivity contribution in [3.05, 3.63) is 58.7 Å². The Balaban J connectivity index is 2.30. The lowest BCUT2D eigenvalue weighted by Crippen LogP contribution is -2.48. The molecule has 0 aliphatic rings. The molecule has 150 valence electrons. The predicted molar refractivity (Wildman–Crippen MR) is 104 cm³/mol. The molecule has 2 aromatic rings. The van der Waals surface area contributed by atoms with Gasteiger partial charge in [0.25, 0.3) is 9.76 Å². The molecular formula is C18H16O9Si2. The molecule has 9 nitrogen and oxygen atoms in total. The molecule has 29 heavy (non-hydrogen) atoms. The summed E-state index contributed by atoms with van der Waals surface area (Å²) in [6, 6.07) is 7.87. The van der Waals surface area contributed by atoms with Crippen molar-refractivity contribution in [1.29, 1.82) is 0 Å². The Morgan fingerprint density at radius 2 is 1.17 bits per heavy atom. The number of carbonyl (C=O) groups is 4. The SMILES string of the molecule is C[Si](C)(O[Si]c1ccc(C(=O)O)c(C(=O)O)c1)c1ccc(C(=O)O)c(C(=O)O)c1. The molecule has 0 saturated carbocycles. The van der Waals surface area contributed by atoms with Gasteiger partial charge in [0.15, 0.2) is 0 Å². The van der Waals surface area contributed by atoms with Gasteiger partial charge in [0, 0.05) is 0 Å². The minimum atomic E-state index is -2.68. The Hall–Kier alpha value is -3.29. The molecule has 2 radical (unpaired) electrons. The van der Waals surface area contributed by atoms with E-state index in [9.17, 15) is 29.4 Å². The van der Waals surface area contributed by atoms with Crippen molar-refractivity contribution in [3.63, 3.8) is 0 Å². The van der Waals surface area contributed by atoms with Crippen LogP contribution in [0.5, 0.6) is 0 Å². The summed E-state index contributed by atoms with van der Waals surface area (Å²) in [5.74, 6) is -5.45. The fourth-order valence-electron chi connectivity index (χ4n) is 2.50. The smallest absolute Gasteiger partial charge is 0.336 e. The lowest BCUT2D eigenvalue weighted by atomic mass is 10.1. The van der Waals surface area contributed by atoms with Crippen LogP contribution >= 0.6 is 0 Å². The second-order valence-corrected chi connectivity index (χ2v) is 11.7. The first kappa shape index (κ1) is 22.0. The third-order valence-electron chi connectivity index (χ3n) is 4.08. The minimum Gasteiger partial charge on any atom is -0.478 e. The fourth-order valence-corrected chi connectivity index (χ4v) is 5.79. The van der Waals surface area contributed by atoms with E-state index < -0.39 is 32.2 Å². The van der Waals surface area contributed by atoms with Gasteiger partial charge in [-0.2, -0.15) is 0 Å². The number of carboxylic acids is 4. The highest BCUT2D eigenvalue weighted by Gasteiger charge is 2.28. The van der Waals surface area contributed by atoms with Gasteiger partial charge in [-0.1, -0.05) is 12.1 Å².